The number of nitro groups is 1. The number of carboxylic acid groups (broad SMARTS) is 1. The molecule has 1 saturated heterocycles. The molecule has 9 heteroatoms. The number of carboxylic acids is 1. The van der Waals surface area contributed by atoms with E-state index in [2.05, 4.69) is 26.2 Å². The van der Waals surface area contributed by atoms with E-state index in [4.69, 9.17) is 9.84 Å². The van der Waals surface area contributed by atoms with Crippen LogP contribution in [0.25, 0.3) is 0 Å². The molecule has 1 aromatic rings. The molecule has 1 aliphatic heterocycles. The molecule has 1 fully saturated rings. The van der Waals surface area contributed by atoms with E-state index in [9.17, 15) is 14.9 Å². The molecule has 0 bridgehead atoms. The summed E-state index contributed by atoms with van der Waals surface area (Å²) in [4.78, 5) is 24.9. The molecule has 2 atom stereocenters. The van der Waals surface area contributed by atoms with Gasteiger partial charge in [0.1, 0.15) is 17.9 Å². The van der Waals surface area contributed by atoms with Crippen molar-refractivity contribution in [3.05, 3.63) is 26.9 Å². The highest BCUT2D eigenvalue weighted by Crippen LogP contribution is 2.27. The molecule has 102 valence electrons. The van der Waals surface area contributed by atoms with Crippen LogP contribution in [0.3, 0.4) is 0 Å². The van der Waals surface area contributed by atoms with Crippen molar-refractivity contribution in [1.29, 1.82) is 0 Å². The molecule has 0 spiro atoms. The number of aliphatic carboxylic acids is 1. The Labute approximate surface area is 116 Å². The Hall–Kier alpha value is -1.74. The summed E-state index contributed by atoms with van der Waals surface area (Å²) < 4.78 is 5.51. The lowest BCUT2D eigenvalue weighted by Crippen LogP contribution is -2.33. The van der Waals surface area contributed by atoms with Crippen LogP contribution in [0.5, 0.6) is 0 Å². The fourth-order valence-corrected chi connectivity index (χ4v) is 2.20. The second kappa shape index (κ2) is 5.49. The molecule has 8 nitrogen and oxygen atoms in total. The lowest BCUT2D eigenvalue weighted by molar-refractivity contribution is -0.385. The van der Waals surface area contributed by atoms with Gasteiger partial charge in [0.15, 0.2) is 0 Å². The number of nitrogens with one attached hydrogen (secondary N) is 1. The van der Waals surface area contributed by atoms with E-state index >= 15 is 0 Å². The third-order valence-electron chi connectivity index (χ3n) is 2.76. The summed E-state index contributed by atoms with van der Waals surface area (Å²) in [6.45, 7) is 0.389. The molecule has 2 heterocycles. The summed E-state index contributed by atoms with van der Waals surface area (Å²) in [5.41, 5.74) is -0.144. The molecule has 0 aliphatic carbocycles. The van der Waals surface area contributed by atoms with Crippen molar-refractivity contribution in [2.75, 3.05) is 18.5 Å². The smallest absolute Gasteiger partial charge is 0.311 e. The van der Waals surface area contributed by atoms with Gasteiger partial charge in [0.25, 0.3) is 5.69 Å². The summed E-state index contributed by atoms with van der Waals surface area (Å²) >= 11 is 3.16. The zero-order chi connectivity index (χ0) is 14.0. The topological polar surface area (TPSA) is 115 Å². The molecule has 2 unspecified atom stereocenters. The first-order valence-electron chi connectivity index (χ1n) is 5.36. The molecular weight excluding hydrogens is 322 g/mol. The second-order valence-corrected chi connectivity index (χ2v) is 4.87. The van der Waals surface area contributed by atoms with E-state index in [0.717, 1.165) is 6.20 Å². The third kappa shape index (κ3) is 2.99. The van der Waals surface area contributed by atoms with Gasteiger partial charge in [0.05, 0.1) is 28.7 Å². The number of carbonyl (C=O) groups is 1. The normalized spacial score (nSPS) is 22.2. The Bertz CT molecular complexity index is 524. The summed E-state index contributed by atoms with van der Waals surface area (Å²) in [7, 11) is 0. The van der Waals surface area contributed by atoms with Gasteiger partial charge < -0.3 is 15.2 Å². The lowest BCUT2D eigenvalue weighted by Gasteiger charge is -2.16. The summed E-state index contributed by atoms with van der Waals surface area (Å²) in [6, 6.07) is 0.892. The lowest BCUT2D eigenvalue weighted by atomic mass is 10.0. The van der Waals surface area contributed by atoms with Crippen LogP contribution < -0.4 is 5.32 Å². The third-order valence-corrected chi connectivity index (χ3v) is 3.36. The average Bonchev–Trinajstić information content (AvgIpc) is 2.79. The van der Waals surface area contributed by atoms with Crippen molar-refractivity contribution in [2.24, 2.45) is 5.92 Å². The van der Waals surface area contributed by atoms with E-state index in [-0.39, 0.29) is 18.9 Å². The molecule has 2 rings (SSSR count). The Morgan fingerprint density at radius 1 is 1.63 bits per heavy atom. The fraction of sp³-hybridized carbons (Fsp3) is 0.400. The molecular formula is C10H10BrN3O5. The van der Waals surface area contributed by atoms with Crippen LogP contribution in [-0.2, 0) is 9.53 Å². The highest BCUT2D eigenvalue weighted by molar-refractivity contribution is 9.10. The Balaban J connectivity index is 2.15. The van der Waals surface area contributed by atoms with Gasteiger partial charge in [-0.2, -0.15) is 0 Å². The molecule has 0 saturated carbocycles. The number of hydrogen-bond donors (Lipinski definition) is 2. The van der Waals surface area contributed by atoms with E-state index in [1.165, 1.54) is 6.07 Å². The molecule has 0 aromatic carbocycles. The summed E-state index contributed by atoms with van der Waals surface area (Å²) in [6.07, 6.45) is 1.11. The van der Waals surface area contributed by atoms with Crippen molar-refractivity contribution < 1.29 is 19.6 Å². The van der Waals surface area contributed by atoms with Crippen LogP contribution in [0.2, 0.25) is 0 Å². The van der Waals surface area contributed by atoms with Gasteiger partial charge in [-0.25, -0.2) is 4.98 Å². The zero-order valence-corrected chi connectivity index (χ0v) is 11.2. The van der Waals surface area contributed by atoms with Crippen molar-refractivity contribution in [3.8, 4) is 0 Å². The number of halogens is 1. The van der Waals surface area contributed by atoms with Gasteiger partial charge in [0, 0.05) is 6.07 Å². The number of ether oxygens (including phenoxy) is 1. The first-order valence-corrected chi connectivity index (χ1v) is 6.15. The number of pyridine rings is 1. The number of anilines is 1. The molecule has 1 aromatic heterocycles. The largest absolute Gasteiger partial charge is 0.481 e. The van der Waals surface area contributed by atoms with E-state index in [1.807, 2.05) is 0 Å². The minimum absolute atomic E-state index is 0.137. The van der Waals surface area contributed by atoms with Crippen molar-refractivity contribution in [3.63, 3.8) is 0 Å². The SMILES string of the molecule is O=C(O)C1COCC1Nc1ncc([N+](=O)[O-])cc1Br. The minimum Gasteiger partial charge on any atom is -0.481 e. The van der Waals surface area contributed by atoms with Crippen LogP contribution in [0.15, 0.2) is 16.7 Å². The van der Waals surface area contributed by atoms with E-state index in [0.29, 0.717) is 10.3 Å². The maximum absolute atomic E-state index is 11.0. The average molecular weight is 332 g/mol. The van der Waals surface area contributed by atoms with Gasteiger partial charge in [-0.3, -0.25) is 14.9 Å². The highest BCUT2D eigenvalue weighted by atomic mass is 79.9. The molecule has 1 aliphatic rings. The number of hydrogen-bond acceptors (Lipinski definition) is 6. The van der Waals surface area contributed by atoms with Crippen LogP contribution >= 0.6 is 15.9 Å². The van der Waals surface area contributed by atoms with Gasteiger partial charge in [-0.1, -0.05) is 0 Å². The van der Waals surface area contributed by atoms with Gasteiger partial charge in [-0.15, -0.1) is 0 Å². The molecule has 0 radical (unpaired) electrons. The predicted octanol–water partition coefficient (Wildman–Crippen LogP) is 1.26. The molecule has 0 amide bonds. The zero-order valence-electron chi connectivity index (χ0n) is 9.58. The first kappa shape index (κ1) is 13.7. The number of nitrogens with zero attached hydrogens (tertiary/aromatic N) is 2. The van der Waals surface area contributed by atoms with Crippen LogP contribution in [0.4, 0.5) is 11.5 Å². The predicted molar refractivity (Wildman–Crippen MR) is 67.9 cm³/mol. The van der Waals surface area contributed by atoms with Gasteiger partial charge >= 0.3 is 5.97 Å². The van der Waals surface area contributed by atoms with Crippen molar-refractivity contribution in [1.82, 2.24) is 4.98 Å². The van der Waals surface area contributed by atoms with Crippen molar-refractivity contribution in [2.45, 2.75) is 6.04 Å². The summed E-state index contributed by atoms with van der Waals surface area (Å²) in [5.74, 6) is -1.26. The number of rotatable bonds is 4. The Morgan fingerprint density at radius 2 is 2.37 bits per heavy atom. The van der Waals surface area contributed by atoms with Gasteiger partial charge in [-0.05, 0) is 15.9 Å². The Morgan fingerprint density at radius 3 is 2.95 bits per heavy atom. The van der Waals surface area contributed by atoms with Crippen LogP contribution in [0.1, 0.15) is 0 Å². The van der Waals surface area contributed by atoms with E-state index < -0.39 is 22.9 Å². The van der Waals surface area contributed by atoms with Crippen LogP contribution in [0, 0.1) is 16.0 Å². The standard InChI is InChI=1S/C10H10BrN3O5/c11-7-1-5(14(17)18)2-12-9(7)13-8-4-19-3-6(8)10(15)16/h1-2,6,8H,3-4H2,(H,12,13)(H,15,16). The summed E-state index contributed by atoms with van der Waals surface area (Å²) in [5, 5.41) is 22.5. The van der Waals surface area contributed by atoms with E-state index in [1.54, 1.807) is 0 Å². The molecule has 2 N–H and O–H groups in total. The Kier molecular flexibility index (Phi) is 3.96. The maximum atomic E-state index is 11.0. The second-order valence-electron chi connectivity index (χ2n) is 4.01. The van der Waals surface area contributed by atoms with Crippen LogP contribution in [-0.4, -0.2) is 40.2 Å². The fourth-order valence-electron chi connectivity index (χ4n) is 1.75. The minimum atomic E-state index is -0.951. The van der Waals surface area contributed by atoms with Gasteiger partial charge in [0.2, 0.25) is 0 Å². The first-order chi connectivity index (χ1) is 8.99. The highest BCUT2D eigenvalue weighted by Gasteiger charge is 2.34. The maximum Gasteiger partial charge on any atom is 0.311 e. The quantitative estimate of drug-likeness (QED) is 0.630. The molecule has 19 heavy (non-hydrogen) atoms. The monoisotopic (exact) mass is 331 g/mol. The van der Waals surface area contributed by atoms with Crippen molar-refractivity contribution >= 4 is 33.4 Å². The number of aromatic nitrogens is 1.